The van der Waals surface area contributed by atoms with E-state index in [0.717, 1.165) is 23.5 Å². The van der Waals surface area contributed by atoms with Crippen LogP contribution in [0.25, 0.3) is 0 Å². The van der Waals surface area contributed by atoms with Crippen molar-refractivity contribution >= 4 is 29.9 Å². The number of pyridine rings is 1. The van der Waals surface area contributed by atoms with Crippen LogP contribution in [0.15, 0.2) is 53.7 Å². The molecular weight excluding hydrogens is 427 g/mol. The zero-order valence-corrected chi connectivity index (χ0v) is 17.4. The first-order valence-electron chi connectivity index (χ1n) is 8.30. The number of benzene rings is 1. The van der Waals surface area contributed by atoms with E-state index in [1.807, 2.05) is 42.5 Å². The topological polar surface area (TPSA) is 58.5 Å². The first-order chi connectivity index (χ1) is 11.7. The normalized spacial score (nSPS) is 12.0. The second kappa shape index (κ2) is 11.7. The van der Waals surface area contributed by atoms with Gasteiger partial charge in [-0.15, -0.1) is 24.0 Å². The summed E-state index contributed by atoms with van der Waals surface area (Å²) in [7, 11) is 1.77. The summed E-state index contributed by atoms with van der Waals surface area (Å²) in [5, 5.41) is 6.65. The summed E-state index contributed by atoms with van der Waals surface area (Å²) >= 11 is 0. The molecule has 0 aliphatic heterocycles. The summed E-state index contributed by atoms with van der Waals surface area (Å²) in [6, 6.07) is 14.4. The van der Waals surface area contributed by atoms with Crippen LogP contribution in [0.3, 0.4) is 0 Å². The number of hydrogen-bond acceptors (Lipinski definition) is 3. The van der Waals surface area contributed by atoms with E-state index in [2.05, 4.69) is 34.5 Å². The maximum atomic E-state index is 5.88. The third kappa shape index (κ3) is 7.29. The highest BCUT2D eigenvalue weighted by atomic mass is 127. The Bertz CT molecular complexity index is 649. The molecule has 0 saturated carbocycles. The van der Waals surface area contributed by atoms with Gasteiger partial charge >= 0.3 is 0 Å². The van der Waals surface area contributed by atoms with Crippen molar-refractivity contribution in [3.05, 3.63) is 59.8 Å². The van der Waals surface area contributed by atoms with Crippen molar-refractivity contribution < 1.29 is 4.74 Å². The minimum Gasteiger partial charge on any atom is -0.473 e. The second-order valence-corrected chi connectivity index (χ2v) is 5.62. The van der Waals surface area contributed by atoms with Gasteiger partial charge in [-0.1, -0.05) is 43.3 Å². The van der Waals surface area contributed by atoms with Crippen LogP contribution in [-0.4, -0.2) is 24.0 Å². The molecule has 1 aromatic heterocycles. The fourth-order valence-electron chi connectivity index (χ4n) is 2.12. The maximum absolute atomic E-state index is 5.88. The molecule has 2 rings (SSSR count). The van der Waals surface area contributed by atoms with Gasteiger partial charge in [-0.3, -0.25) is 4.99 Å². The Kier molecular flexibility index (Phi) is 9.91. The number of guanidine groups is 1. The van der Waals surface area contributed by atoms with Gasteiger partial charge in [0.1, 0.15) is 6.61 Å². The standard InChI is InChI=1S/C19H26N4O.HI/c1-4-15(2)23-19(20-3)22-13-17-11-8-12-21-18(17)24-14-16-9-6-5-7-10-16;/h5-12,15H,4,13-14H2,1-3H3,(H2,20,22,23);1H. The summed E-state index contributed by atoms with van der Waals surface area (Å²) in [4.78, 5) is 8.60. The van der Waals surface area contributed by atoms with Crippen molar-refractivity contribution in [2.45, 2.75) is 39.5 Å². The average molecular weight is 454 g/mol. The number of nitrogens with one attached hydrogen (secondary N) is 2. The van der Waals surface area contributed by atoms with Crippen molar-refractivity contribution in [2.24, 2.45) is 4.99 Å². The molecule has 1 aromatic carbocycles. The Morgan fingerprint density at radius 2 is 1.96 bits per heavy atom. The van der Waals surface area contributed by atoms with Crippen molar-refractivity contribution in [1.82, 2.24) is 15.6 Å². The van der Waals surface area contributed by atoms with Gasteiger partial charge < -0.3 is 15.4 Å². The first-order valence-corrected chi connectivity index (χ1v) is 8.30. The monoisotopic (exact) mass is 454 g/mol. The number of hydrogen-bond donors (Lipinski definition) is 2. The van der Waals surface area contributed by atoms with E-state index in [4.69, 9.17) is 4.74 Å². The van der Waals surface area contributed by atoms with Crippen LogP contribution < -0.4 is 15.4 Å². The Morgan fingerprint density at radius 3 is 2.64 bits per heavy atom. The molecule has 1 unspecified atom stereocenters. The lowest BCUT2D eigenvalue weighted by Crippen LogP contribution is -2.41. The van der Waals surface area contributed by atoms with E-state index >= 15 is 0 Å². The van der Waals surface area contributed by atoms with E-state index in [0.29, 0.717) is 25.1 Å². The third-order valence-corrected chi connectivity index (χ3v) is 3.73. The van der Waals surface area contributed by atoms with Gasteiger partial charge in [0.15, 0.2) is 5.96 Å². The van der Waals surface area contributed by atoms with Crippen LogP contribution in [-0.2, 0) is 13.2 Å². The molecule has 1 atom stereocenters. The van der Waals surface area contributed by atoms with Crippen molar-refractivity contribution in [3.63, 3.8) is 0 Å². The molecule has 2 N–H and O–H groups in total. The van der Waals surface area contributed by atoms with Crippen molar-refractivity contribution in [2.75, 3.05) is 7.05 Å². The number of aromatic nitrogens is 1. The van der Waals surface area contributed by atoms with Gasteiger partial charge in [0.25, 0.3) is 0 Å². The van der Waals surface area contributed by atoms with E-state index in [1.165, 1.54) is 0 Å². The van der Waals surface area contributed by atoms with Crippen LogP contribution in [0.1, 0.15) is 31.4 Å². The predicted octanol–water partition coefficient (Wildman–Crippen LogP) is 3.74. The van der Waals surface area contributed by atoms with E-state index < -0.39 is 0 Å². The predicted molar refractivity (Wildman–Crippen MR) is 114 cm³/mol. The zero-order chi connectivity index (χ0) is 17.2. The van der Waals surface area contributed by atoms with Crippen LogP contribution in [0.5, 0.6) is 5.88 Å². The third-order valence-electron chi connectivity index (χ3n) is 3.73. The molecule has 1 heterocycles. The van der Waals surface area contributed by atoms with E-state index in [1.54, 1.807) is 13.2 Å². The summed E-state index contributed by atoms with van der Waals surface area (Å²) in [6.45, 7) is 5.38. The van der Waals surface area contributed by atoms with Gasteiger partial charge in [0, 0.05) is 31.4 Å². The molecule has 0 aliphatic rings. The number of rotatable bonds is 7. The van der Waals surface area contributed by atoms with Gasteiger partial charge in [-0.25, -0.2) is 4.98 Å². The Labute approximate surface area is 167 Å². The second-order valence-electron chi connectivity index (χ2n) is 5.62. The molecule has 0 saturated heterocycles. The zero-order valence-electron chi connectivity index (χ0n) is 15.0. The molecule has 0 spiro atoms. The van der Waals surface area contributed by atoms with E-state index in [9.17, 15) is 0 Å². The fourth-order valence-corrected chi connectivity index (χ4v) is 2.12. The van der Waals surface area contributed by atoms with Gasteiger partial charge in [-0.2, -0.15) is 0 Å². The number of halogens is 1. The Morgan fingerprint density at radius 1 is 1.20 bits per heavy atom. The lowest BCUT2D eigenvalue weighted by Gasteiger charge is -2.17. The highest BCUT2D eigenvalue weighted by molar-refractivity contribution is 14.0. The molecule has 25 heavy (non-hydrogen) atoms. The van der Waals surface area contributed by atoms with Crippen molar-refractivity contribution in [1.29, 1.82) is 0 Å². The lowest BCUT2D eigenvalue weighted by atomic mass is 10.2. The molecule has 0 aliphatic carbocycles. The molecule has 0 radical (unpaired) electrons. The molecule has 2 aromatic rings. The molecule has 5 nitrogen and oxygen atoms in total. The SMILES string of the molecule is CCC(C)NC(=NC)NCc1cccnc1OCc1ccccc1.I. The largest absolute Gasteiger partial charge is 0.473 e. The van der Waals surface area contributed by atoms with E-state index in [-0.39, 0.29) is 24.0 Å². The molecule has 0 amide bonds. The van der Waals surface area contributed by atoms with Crippen molar-refractivity contribution in [3.8, 4) is 5.88 Å². The van der Waals surface area contributed by atoms with Crippen LogP contribution >= 0.6 is 24.0 Å². The average Bonchev–Trinajstić information content (AvgIpc) is 2.64. The van der Waals surface area contributed by atoms with Crippen LogP contribution in [0.4, 0.5) is 0 Å². The molecule has 6 heteroatoms. The highest BCUT2D eigenvalue weighted by Gasteiger charge is 2.07. The summed E-state index contributed by atoms with van der Waals surface area (Å²) in [5.74, 6) is 1.43. The summed E-state index contributed by atoms with van der Waals surface area (Å²) in [6.07, 6.45) is 2.79. The number of nitrogens with zero attached hydrogens (tertiary/aromatic N) is 2. The summed E-state index contributed by atoms with van der Waals surface area (Å²) in [5.41, 5.74) is 2.12. The quantitative estimate of drug-likeness (QED) is 0.380. The molecular formula is C19H27IN4O. The fraction of sp³-hybridized carbons (Fsp3) is 0.368. The summed E-state index contributed by atoms with van der Waals surface area (Å²) < 4.78 is 5.88. The smallest absolute Gasteiger partial charge is 0.218 e. The number of ether oxygens (including phenoxy) is 1. The van der Waals surface area contributed by atoms with Crippen LogP contribution in [0, 0.1) is 0 Å². The minimum absolute atomic E-state index is 0. The Balaban J connectivity index is 0.00000312. The van der Waals surface area contributed by atoms with Gasteiger partial charge in [0.2, 0.25) is 5.88 Å². The Hall–Kier alpha value is -1.83. The first kappa shape index (κ1) is 21.2. The number of aliphatic imine (C=N–C) groups is 1. The van der Waals surface area contributed by atoms with Gasteiger partial charge in [-0.05, 0) is 25.0 Å². The lowest BCUT2D eigenvalue weighted by molar-refractivity contribution is 0.290. The van der Waals surface area contributed by atoms with Crippen LogP contribution in [0.2, 0.25) is 0 Å². The highest BCUT2D eigenvalue weighted by Crippen LogP contribution is 2.15. The molecule has 136 valence electrons. The van der Waals surface area contributed by atoms with Gasteiger partial charge in [0.05, 0.1) is 0 Å². The maximum Gasteiger partial charge on any atom is 0.218 e. The molecule has 0 bridgehead atoms. The molecule has 0 fully saturated rings. The minimum atomic E-state index is 0.